The smallest absolute Gasteiger partial charge is 0.265 e. The fourth-order valence-corrected chi connectivity index (χ4v) is 3.40. The SMILES string of the molecule is CCCN1C(=O)COc2ccc(-c3noc(CNC(=O)Cc4ccc(Cl)cc4)n3)cc21. The maximum Gasteiger partial charge on any atom is 0.265 e. The summed E-state index contributed by atoms with van der Waals surface area (Å²) in [5, 5.41) is 7.39. The first-order chi connectivity index (χ1) is 15.0. The quantitative estimate of drug-likeness (QED) is 0.604. The number of rotatable bonds is 7. The molecule has 0 unspecified atom stereocenters. The summed E-state index contributed by atoms with van der Waals surface area (Å²) in [5.41, 5.74) is 2.24. The summed E-state index contributed by atoms with van der Waals surface area (Å²) >= 11 is 5.86. The van der Waals surface area contributed by atoms with Crippen molar-refractivity contribution in [3.63, 3.8) is 0 Å². The van der Waals surface area contributed by atoms with Gasteiger partial charge in [-0.3, -0.25) is 9.59 Å². The number of carbonyl (C=O) groups excluding carboxylic acids is 2. The summed E-state index contributed by atoms with van der Waals surface area (Å²) in [6.45, 7) is 2.77. The van der Waals surface area contributed by atoms with Crippen molar-refractivity contribution in [2.45, 2.75) is 26.3 Å². The number of fused-ring (bicyclic) bond motifs is 1. The van der Waals surface area contributed by atoms with Crippen molar-refractivity contribution in [3.8, 4) is 17.1 Å². The Morgan fingerprint density at radius 2 is 2.03 bits per heavy atom. The Hall–Kier alpha value is -3.39. The summed E-state index contributed by atoms with van der Waals surface area (Å²) in [4.78, 5) is 30.4. The molecule has 4 rings (SSSR count). The maximum absolute atomic E-state index is 12.2. The molecule has 8 nitrogen and oxygen atoms in total. The van der Waals surface area contributed by atoms with Crippen molar-refractivity contribution in [2.24, 2.45) is 0 Å². The number of carbonyl (C=O) groups is 2. The van der Waals surface area contributed by atoms with E-state index in [1.807, 2.05) is 19.1 Å². The lowest BCUT2D eigenvalue weighted by Gasteiger charge is -2.29. The summed E-state index contributed by atoms with van der Waals surface area (Å²) in [6, 6.07) is 12.5. The molecule has 160 valence electrons. The van der Waals surface area contributed by atoms with Gasteiger partial charge in [-0.25, -0.2) is 0 Å². The molecule has 31 heavy (non-hydrogen) atoms. The predicted octanol–water partition coefficient (Wildman–Crippen LogP) is 3.38. The number of halogens is 1. The normalized spacial score (nSPS) is 13.0. The van der Waals surface area contributed by atoms with Gasteiger partial charge >= 0.3 is 0 Å². The summed E-state index contributed by atoms with van der Waals surface area (Å²) in [7, 11) is 0. The molecule has 0 aliphatic carbocycles. The van der Waals surface area contributed by atoms with Crippen LogP contribution < -0.4 is 15.0 Å². The standard InChI is InChI=1S/C22H21ClN4O4/c1-2-9-27-17-11-15(5-8-18(17)30-13-21(27)29)22-25-20(31-26-22)12-24-19(28)10-14-3-6-16(23)7-4-14/h3-8,11H,2,9-10,12-13H2,1H3,(H,24,28). The van der Waals surface area contributed by atoms with E-state index in [9.17, 15) is 9.59 Å². The second-order valence-corrected chi connectivity index (χ2v) is 7.54. The van der Waals surface area contributed by atoms with Gasteiger partial charge in [0, 0.05) is 17.1 Å². The van der Waals surface area contributed by atoms with Gasteiger partial charge in [0.05, 0.1) is 18.7 Å². The van der Waals surface area contributed by atoms with Crippen molar-refractivity contribution in [3.05, 3.63) is 58.9 Å². The van der Waals surface area contributed by atoms with Crippen LogP contribution in [0.5, 0.6) is 5.75 Å². The van der Waals surface area contributed by atoms with Crippen molar-refractivity contribution < 1.29 is 18.8 Å². The predicted molar refractivity (Wildman–Crippen MR) is 115 cm³/mol. The zero-order valence-corrected chi connectivity index (χ0v) is 17.7. The van der Waals surface area contributed by atoms with E-state index in [1.165, 1.54) is 0 Å². The van der Waals surface area contributed by atoms with E-state index in [1.54, 1.807) is 35.2 Å². The number of nitrogens with one attached hydrogen (secondary N) is 1. The van der Waals surface area contributed by atoms with Crippen LogP contribution >= 0.6 is 11.6 Å². The molecule has 1 aliphatic heterocycles. The van der Waals surface area contributed by atoms with E-state index in [0.29, 0.717) is 34.4 Å². The summed E-state index contributed by atoms with van der Waals surface area (Å²) in [5.74, 6) is 1.06. The Labute approximate surface area is 184 Å². The Bertz CT molecular complexity index is 1100. The Kier molecular flexibility index (Phi) is 6.18. The molecule has 0 radical (unpaired) electrons. The van der Waals surface area contributed by atoms with Crippen LogP contribution in [0.2, 0.25) is 5.02 Å². The molecule has 0 bridgehead atoms. The number of hydrogen-bond donors (Lipinski definition) is 1. The third-order valence-electron chi connectivity index (χ3n) is 4.79. The number of ether oxygens (including phenoxy) is 1. The Balaban J connectivity index is 1.42. The fourth-order valence-electron chi connectivity index (χ4n) is 3.28. The average Bonchev–Trinajstić information content (AvgIpc) is 3.25. The van der Waals surface area contributed by atoms with Crippen LogP contribution in [0.1, 0.15) is 24.8 Å². The fraction of sp³-hybridized carbons (Fsp3) is 0.273. The topological polar surface area (TPSA) is 97.6 Å². The molecular weight excluding hydrogens is 420 g/mol. The molecule has 1 aliphatic rings. The van der Waals surface area contributed by atoms with Gasteiger partial charge in [0.2, 0.25) is 17.6 Å². The Morgan fingerprint density at radius 3 is 2.81 bits per heavy atom. The van der Waals surface area contributed by atoms with Crippen LogP contribution in [-0.2, 0) is 22.6 Å². The number of nitrogens with zero attached hydrogens (tertiary/aromatic N) is 3. The van der Waals surface area contributed by atoms with Crippen LogP contribution in [0.4, 0.5) is 5.69 Å². The zero-order chi connectivity index (χ0) is 21.8. The number of hydrogen-bond acceptors (Lipinski definition) is 6. The first-order valence-corrected chi connectivity index (χ1v) is 10.3. The summed E-state index contributed by atoms with van der Waals surface area (Å²) < 4.78 is 10.8. The van der Waals surface area contributed by atoms with E-state index >= 15 is 0 Å². The molecule has 9 heteroatoms. The minimum Gasteiger partial charge on any atom is -0.482 e. The summed E-state index contributed by atoms with van der Waals surface area (Å²) in [6.07, 6.45) is 1.06. The molecule has 2 aromatic carbocycles. The van der Waals surface area contributed by atoms with E-state index < -0.39 is 0 Å². The molecule has 0 saturated heterocycles. The number of amides is 2. The van der Waals surface area contributed by atoms with E-state index in [-0.39, 0.29) is 37.3 Å². The molecule has 0 fully saturated rings. The van der Waals surface area contributed by atoms with Gasteiger partial charge in [0.25, 0.3) is 5.91 Å². The third-order valence-corrected chi connectivity index (χ3v) is 5.04. The lowest BCUT2D eigenvalue weighted by molar-refractivity contribution is -0.121. The van der Waals surface area contributed by atoms with Crippen LogP contribution in [0.15, 0.2) is 47.0 Å². The van der Waals surface area contributed by atoms with Gasteiger partial charge in [0.15, 0.2) is 6.61 Å². The highest BCUT2D eigenvalue weighted by atomic mass is 35.5. The van der Waals surface area contributed by atoms with Gasteiger partial charge in [-0.05, 0) is 42.3 Å². The number of aromatic nitrogens is 2. The largest absolute Gasteiger partial charge is 0.482 e. The lowest BCUT2D eigenvalue weighted by atomic mass is 10.1. The van der Waals surface area contributed by atoms with Gasteiger partial charge in [0.1, 0.15) is 5.75 Å². The molecule has 1 aromatic heterocycles. The maximum atomic E-state index is 12.2. The van der Waals surface area contributed by atoms with Crippen LogP contribution in [0.25, 0.3) is 11.4 Å². The second kappa shape index (κ2) is 9.18. The van der Waals surface area contributed by atoms with Crippen LogP contribution in [0, 0.1) is 0 Å². The Morgan fingerprint density at radius 1 is 1.23 bits per heavy atom. The number of anilines is 1. The van der Waals surface area contributed by atoms with E-state index in [4.69, 9.17) is 20.9 Å². The van der Waals surface area contributed by atoms with Crippen LogP contribution in [0.3, 0.4) is 0 Å². The van der Waals surface area contributed by atoms with Crippen molar-refractivity contribution in [1.29, 1.82) is 0 Å². The van der Waals surface area contributed by atoms with Gasteiger partial charge in [-0.2, -0.15) is 4.98 Å². The molecule has 3 aromatic rings. The third kappa shape index (κ3) is 4.86. The van der Waals surface area contributed by atoms with Gasteiger partial charge in [-0.1, -0.05) is 35.8 Å². The minimum absolute atomic E-state index is 0.0361. The second-order valence-electron chi connectivity index (χ2n) is 7.11. The minimum atomic E-state index is -0.165. The van der Waals surface area contributed by atoms with Crippen molar-refractivity contribution in [2.75, 3.05) is 18.1 Å². The van der Waals surface area contributed by atoms with E-state index in [2.05, 4.69) is 15.5 Å². The highest BCUT2D eigenvalue weighted by Gasteiger charge is 2.25. The zero-order valence-electron chi connectivity index (χ0n) is 16.9. The molecule has 1 N–H and O–H groups in total. The molecule has 0 atom stereocenters. The van der Waals surface area contributed by atoms with Crippen molar-refractivity contribution >= 4 is 29.1 Å². The van der Waals surface area contributed by atoms with Crippen molar-refractivity contribution in [1.82, 2.24) is 15.5 Å². The first-order valence-electron chi connectivity index (χ1n) is 9.95. The van der Waals surface area contributed by atoms with Gasteiger partial charge in [-0.15, -0.1) is 0 Å². The monoisotopic (exact) mass is 440 g/mol. The molecular formula is C22H21ClN4O4. The highest BCUT2D eigenvalue weighted by Crippen LogP contribution is 2.35. The lowest BCUT2D eigenvalue weighted by Crippen LogP contribution is -2.39. The van der Waals surface area contributed by atoms with Crippen LogP contribution in [-0.4, -0.2) is 35.1 Å². The van der Waals surface area contributed by atoms with Gasteiger partial charge < -0.3 is 19.5 Å². The van der Waals surface area contributed by atoms with E-state index in [0.717, 1.165) is 12.0 Å². The number of benzene rings is 2. The highest BCUT2D eigenvalue weighted by molar-refractivity contribution is 6.30. The first kappa shape index (κ1) is 20.9. The molecule has 2 heterocycles. The molecule has 0 spiro atoms. The average molecular weight is 441 g/mol. The molecule has 0 saturated carbocycles. The molecule has 2 amide bonds.